The fourth-order valence-electron chi connectivity index (χ4n) is 3.56. The van der Waals surface area contributed by atoms with E-state index in [-0.39, 0.29) is 18.4 Å². The molecule has 0 radical (unpaired) electrons. The van der Waals surface area contributed by atoms with Gasteiger partial charge in [-0.25, -0.2) is 9.89 Å². The van der Waals surface area contributed by atoms with Crippen LogP contribution in [-0.2, 0) is 6.61 Å². The average Bonchev–Trinajstić information content (AvgIpc) is 3.24. The van der Waals surface area contributed by atoms with Crippen LogP contribution < -0.4 is 10.5 Å². The summed E-state index contributed by atoms with van der Waals surface area (Å²) >= 11 is 0. The van der Waals surface area contributed by atoms with Gasteiger partial charge in [0.05, 0.1) is 11.6 Å². The van der Waals surface area contributed by atoms with Gasteiger partial charge in [-0.2, -0.15) is 5.26 Å². The van der Waals surface area contributed by atoms with Crippen LogP contribution in [0.1, 0.15) is 46.1 Å². The number of ether oxygens (including phenoxy) is 1. The maximum atomic E-state index is 12.9. The molecule has 0 bridgehead atoms. The van der Waals surface area contributed by atoms with Crippen LogP contribution in [0.3, 0.4) is 0 Å². The Bertz CT molecular complexity index is 1140. The summed E-state index contributed by atoms with van der Waals surface area (Å²) in [5.41, 5.74) is 1.91. The van der Waals surface area contributed by atoms with E-state index >= 15 is 0 Å². The van der Waals surface area contributed by atoms with Crippen molar-refractivity contribution in [2.75, 3.05) is 13.1 Å². The lowest BCUT2D eigenvalue weighted by Crippen LogP contribution is -2.38. The van der Waals surface area contributed by atoms with Crippen molar-refractivity contribution in [1.29, 1.82) is 5.26 Å². The Balaban J connectivity index is 1.38. The third-order valence-electron chi connectivity index (χ3n) is 5.20. The van der Waals surface area contributed by atoms with Gasteiger partial charge in [-0.3, -0.25) is 4.79 Å². The number of benzene rings is 2. The summed E-state index contributed by atoms with van der Waals surface area (Å²) in [6.45, 7) is 1.36. The number of likely N-dealkylation sites (tertiary alicyclic amines) is 1. The summed E-state index contributed by atoms with van der Waals surface area (Å²) in [5, 5.41) is 15.4. The minimum absolute atomic E-state index is 0.0304. The van der Waals surface area contributed by atoms with Crippen LogP contribution in [0.4, 0.5) is 0 Å². The van der Waals surface area contributed by atoms with E-state index in [4.69, 9.17) is 9.15 Å². The van der Waals surface area contributed by atoms with Gasteiger partial charge in [0, 0.05) is 30.1 Å². The lowest BCUT2D eigenvalue weighted by Gasteiger charge is -2.30. The highest BCUT2D eigenvalue weighted by Gasteiger charge is 2.27. The van der Waals surface area contributed by atoms with Gasteiger partial charge in [-0.1, -0.05) is 24.3 Å². The van der Waals surface area contributed by atoms with Crippen LogP contribution >= 0.6 is 0 Å². The third-order valence-corrected chi connectivity index (χ3v) is 5.20. The molecule has 0 aliphatic carbocycles. The number of hydrogen-bond donors (Lipinski definition) is 1. The molecule has 8 nitrogen and oxygen atoms in total. The summed E-state index contributed by atoms with van der Waals surface area (Å²) < 4.78 is 10.9. The number of nitriles is 1. The van der Waals surface area contributed by atoms with E-state index in [1.165, 1.54) is 0 Å². The Morgan fingerprint density at radius 2 is 2.03 bits per heavy atom. The predicted octanol–water partition coefficient (Wildman–Crippen LogP) is 2.83. The molecule has 152 valence electrons. The monoisotopic (exact) mass is 404 g/mol. The number of hydrogen-bond acceptors (Lipinski definition) is 6. The van der Waals surface area contributed by atoms with Crippen LogP contribution in [-0.4, -0.2) is 34.1 Å². The molecule has 1 aliphatic heterocycles. The third kappa shape index (κ3) is 4.25. The number of piperidine rings is 1. The largest absolute Gasteiger partial charge is 0.489 e. The van der Waals surface area contributed by atoms with Gasteiger partial charge in [-0.15, -0.1) is 5.10 Å². The highest BCUT2D eigenvalue weighted by atomic mass is 16.5. The highest BCUT2D eigenvalue weighted by molar-refractivity contribution is 5.94. The molecule has 1 aliphatic rings. The SMILES string of the molecule is N#Cc1ccccc1COc1cccc(C(=O)N2CCC(c3n[nH]c(=O)o3)CC2)c1. The zero-order chi connectivity index (χ0) is 20.9. The van der Waals surface area contributed by atoms with Crippen LogP contribution in [0.15, 0.2) is 57.7 Å². The summed E-state index contributed by atoms with van der Waals surface area (Å²) in [6, 6.07) is 16.5. The van der Waals surface area contributed by atoms with Crippen molar-refractivity contribution in [2.45, 2.75) is 25.4 Å². The molecule has 0 spiro atoms. The van der Waals surface area contributed by atoms with Crippen molar-refractivity contribution in [2.24, 2.45) is 0 Å². The van der Waals surface area contributed by atoms with E-state index in [1.807, 2.05) is 18.2 Å². The summed E-state index contributed by atoms with van der Waals surface area (Å²) in [4.78, 5) is 25.8. The maximum Gasteiger partial charge on any atom is 0.434 e. The van der Waals surface area contributed by atoms with E-state index in [9.17, 15) is 14.9 Å². The van der Waals surface area contributed by atoms with Crippen LogP contribution in [0.5, 0.6) is 5.75 Å². The molecule has 8 heteroatoms. The Kier molecular flexibility index (Phi) is 5.61. The molecule has 0 unspecified atom stereocenters. The second-order valence-corrected chi connectivity index (χ2v) is 7.10. The summed E-state index contributed by atoms with van der Waals surface area (Å²) in [5.74, 6) is 0.377. The van der Waals surface area contributed by atoms with E-state index in [0.29, 0.717) is 48.7 Å². The maximum absolute atomic E-state index is 12.9. The fourth-order valence-corrected chi connectivity index (χ4v) is 3.56. The zero-order valence-electron chi connectivity index (χ0n) is 16.2. The van der Waals surface area contributed by atoms with Crippen molar-refractivity contribution < 1.29 is 13.9 Å². The Morgan fingerprint density at radius 1 is 1.23 bits per heavy atom. The first kappa shape index (κ1) is 19.5. The number of amides is 1. The molecule has 4 rings (SSSR count). The van der Waals surface area contributed by atoms with Gasteiger partial charge >= 0.3 is 5.76 Å². The van der Waals surface area contributed by atoms with Crippen molar-refractivity contribution in [3.63, 3.8) is 0 Å². The topological polar surface area (TPSA) is 112 Å². The molecule has 1 N–H and O–H groups in total. The van der Waals surface area contributed by atoms with Gasteiger partial charge in [-0.05, 0) is 37.1 Å². The lowest BCUT2D eigenvalue weighted by atomic mass is 9.96. The highest BCUT2D eigenvalue weighted by Crippen LogP contribution is 2.27. The molecule has 1 aromatic heterocycles. The summed E-state index contributed by atoms with van der Waals surface area (Å²) in [6.07, 6.45) is 1.36. The molecule has 2 heterocycles. The number of H-pyrrole nitrogens is 1. The number of carbonyl (C=O) groups is 1. The van der Waals surface area contributed by atoms with Gasteiger partial charge in [0.2, 0.25) is 5.89 Å². The van der Waals surface area contributed by atoms with E-state index < -0.39 is 5.76 Å². The van der Waals surface area contributed by atoms with Crippen molar-refractivity contribution in [1.82, 2.24) is 15.1 Å². The number of nitrogens with zero attached hydrogens (tertiary/aromatic N) is 3. The number of carbonyl (C=O) groups excluding carboxylic acids is 1. The number of rotatable bonds is 5. The van der Waals surface area contributed by atoms with Crippen LogP contribution in [0.25, 0.3) is 0 Å². The van der Waals surface area contributed by atoms with E-state index in [0.717, 1.165) is 5.56 Å². The smallest absolute Gasteiger partial charge is 0.434 e. The molecule has 0 saturated carbocycles. The Hall–Kier alpha value is -3.86. The second-order valence-electron chi connectivity index (χ2n) is 7.10. The lowest BCUT2D eigenvalue weighted by molar-refractivity contribution is 0.0705. The molecule has 1 saturated heterocycles. The first-order valence-corrected chi connectivity index (χ1v) is 9.69. The van der Waals surface area contributed by atoms with Gasteiger partial charge in [0.25, 0.3) is 5.91 Å². The number of aromatic amines is 1. The van der Waals surface area contributed by atoms with Crippen molar-refractivity contribution in [3.8, 4) is 11.8 Å². The van der Waals surface area contributed by atoms with E-state index in [1.54, 1.807) is 35.2 Å². The first-order chi connectivity index (χ1) is 14.6. The minimum atomic E-state index is -0.558. The van der Waals surface area contributed by atoms with Gasteiger partial charge < -0.3 is 14.1 Å². The standard InChI is InChI=1S/C22H20N4O4/c23-13-17-4-1-2-5-18(17)14-29-19-7-3-6-16(12-19)21(27)26-10-8-15(9-11-26)20-24-25-22(28)30-20/h1-7,12,15H,8-11,14H2,(H,25,28). The minimum Gasteiger partial charge on any atom is -0.489 e. The molecule has 0 atom stereocenters. The molecule has 30 heavy (non-hydrogen) atoms. The molecule has 3 aromatic rings. The predicted molar refractivity (Wildman–Crippen MR) is 107 cm³/mol. The molecule has 1 amide bonds. The summed E-state index contributed by atoms with van der Waals surface area (Å²) in [7, 11) is 0. The van der Waals surface area contributed by atoms with Crippen molar-refractivity contribution >= 4 is 5.91 Å². The molecular formula is C22H20N4O4. The fraction of sp³-hybridized carbons (Fsp3) is 0.273. The molecule has 2 aromatic carbocycles. The molecular weight excluding hydrogens is 384 g/mol. The quantitative estimate of drug-likeness (QED) is 0.700. The average molecular weight is 404 g/mol. The molecule has 1 fully saturated rings. The van der Waals surface area contributed by atoms with Crippen LogP contribution in [0, 0.1) is 11.3 Å². The van der Waals surface area contributed by atoms with Gasteiger partial charge in [0.15, 0.2) is 0 Å². The number of nitrogens with one attached hydrogen (secondary N) is 1. The van der Waals surface area contributed by atoms with Crippen LogP contribution in [0.2, 0.25) is 0 Å². The van der Waals surface area contributed by atoms with E-state index in [2.05, 4.69) is 16.3 Å². The van der Waals surface area contributed by atoms with Crippen molar-refractivity contribution in [3.05, 3.63) is 81.7 Å². The Morgan fingerprint density at radius 3 is 2.77 bits per heavy atom. The normalized spacial score (nSPS) is 14.3. The first-order valence-electron chi connectivity index (χ1n) is 9.69. The van der Waals surface area contributed by atoms with Gasteiger partial charge in [0.1, 0.15) is 12.4 Å². The second kappa shape index (κ2) is 8.66. The number of aromatic nitrogens is 2. The zero-order valence-corrected chi connectivity index (χ0v) is 16.2. The Labute approximate surface area is 172 Å².